The zero-order valence-corrected chi connectivity index (χ0v) is 16.3. The number of hydrogen-bond donors (Lipinski definition) is 2. The third-order valence-corrected chi connectivity index (χ3v) is 5.01. The number of anilines is 1. The number of hydrazone groups is 1. The number of nitrogens with one attached hydrogen (secondary N) is 2. The van der Waals surface area contributed by atoms with Gasteiger partial charge in [-0.2, -0.15) is 5.10 Å². The first-order valence-electron chi connectivity index (χ1n) is 8.94. The smallest absolute Gasteiger partial charge is 0.265 e. The van der Waals surface area contributed by atoms with Gasteiger partial charge < -0.3 is 5.32 Å². The van der Waals surface area contributed by atoms with E-state index >= 15 is 0 Å². The fourth-order valence-electron chi connectivity index (χ4n) is 2.56. The second-order valence-electron chi connectivity index (χ2n) is 6.23. The van der Waals surface area contributed by atoms with Gasteiger partial charge in [0.05, 0.1) is 10.6 Å². The molecule has 2 N–H and O–H groups in total. The van der Waals surface area contributed by atoms with Crippen molar-refractivity contribution >= 4 is 34.6 Å². The molecule has 0 aliphatic carbocycles. The van der Waals surface area contributed by atoms with Crippen molar-refractivity contribution in [1.29, 1.82) is 0 Å². The van der Waals surface area contributed by atoms with Crippen molar-refractivity contribution < 1.29 is 9.59 Å². The molecule has 2 aromatic carbocycles. The van der Waals surface area contributed by atoms with Crippen molar-refractivity contribution in [2.45, 2.75) is 19.8 Å². The molecule has 142 valence electrons. The first-order chi connectivity index (χ1) is 13.6. The van der Waals surface area contributed by atoms with Crippen molar-refractivity contribution in [1.82, 2.24) is 5.43 Å². The van der Waals surface area contributed by atoms with E-state index in [0.717, 1.165) is 11.1 Å². The van der Waals surface area contributed by atoms with Gasteiger partial charge in [-0.3, -0.25) is 9.59 Å². The molecule has 0 bridgehead atoms. The molecule has 0 aliphatic rings. The van der Waals surface area contributed by atoms with Crippen molar-refractivity contribution in [3.63, 3.8) is 0 Å². The van der Waals surface area contributed by atoms with Crippen LogP contribution < -0.4 is 10.7 Å². The summed E-state index contributed by atoms with van der Waals surface area (Å²) in [5.74, 6) is -0.248. The van der Waals surface area contributed by atoms with Gasteiger partial charge in [0.2, 0.25) is 5.91 Å². The standard InChI is InChI=1S/C22H21N3O2S/c1-16(24-25-21(26)14-9-17-6-3-2-4-7-17)18-10-12-19(13-11-18)23-22(27)20-8-5-15-28-20/h2-8,10-13,15H,9,14H2,1H3,(H,23,27)(H,25,26)/b24-16-. The van der Waals surface area contributed by atoms with Crippen LogP contribution in [0.1, 0.15) is 34.1 Å². The Labute approximate surface area is 168 Å². The van der Waals surface area contributed by atoms with Crippen LogP contribution in [0, 0.1) is 0 Å². The fraction of sp³-hybridized carbons (Fsp3) is 0.136. The highest BCUT2D eigenvalue weighted by Gasteiger charge is 2.07. The molecule has 0 fully saturated rings. The fourth-order valence-corrected chi connectivity index (χ4v) is 3.18. The number of thiophene rings is 1. The molecule has 1 heterocycles. The van der Waals surface area contributed by atoms with Crippen LogP contribution in [-0.4, -0.2) is 17.5 Å². The monoisotopic (exact) mass is 391 g/mol. The minimum Gasteiger partial charge on any atom is -0.321 e. The molecule has 0 aliphatic heterocycles. The number of amides is 2. The second kappa shape index (κ2) is 9.62. The Morgan fingerprint density at radius 1 is 0.964 bits per heavy atom. The SMILES string of the molecule is C/C(=N/NC(=O)CCc1ccccc1)c1ccc(NC(=O)c2cccs2)cc1. The molecule has 3 rings (SSSR count). The minimum atomic E-state index is -0.126. The number of aryl methyl sites for hydroxylation is 1. The molecule has 28 heavy (non-hydrogen) atoms. The van der Waals surface area contributed by atoms with E-state index in [-0.39, 0.29) is 11.8 Å². The second-order valence-corrected chi connectivity index (χ2v) is 7.17. The number of nitrogens with zero attached hydrogens (tertiary/aromatic N) is 1. The van der Waals surface area contributed by atoms with Gasteiger partial charge >= 0.3 is 0 Å². The van der Waals surface area contributed by atoms with Crippen LogP contribution in [0.4, 0.5) is 5.69 Å². The molecule has 0 saturated carbocycles. The molecule has 0 radical (unpaired) electrons. The summed E-state index contributed by atoms with van der Waals surface area (Å²) in [4.78, 5) is 24.7. The van der Waals surface area contributed by atoms with Crippen molar-refractivity contribution in [2.24, 2.45) is 5.10 Å². The Morgan fingerprint density at radius 3 is 2.39 bits per heavy atom. The van der Waals surface area contributed by atoms with E-state index < -0.39 is 0 Å². The lowest BCUT2D eigenvalue weighted by Gasteiger charge is -2.06. The highest BCUT2D eigenvalue weighted by molar-refractivity contribution is 7.12. The lowest BCUT2D eigenvalue weighted by Crippen LogP contribution is -2.19. The van der Waals surface area contributed by atoms with E-state index in [9.17, 15) is 9.59 Å². The highest BCUT2D eigenvalue weighted by Crippen LogP contribution is 2.14. The summed E-state index contributed by atoms with van der Waals surface area (Å²) < 4.78 is 0. The zero-order valence-electron chi connectivity index (χ0n) is 15.5. The largest absolute Gasteiger partial charge is 0.321 e. The lowest BCUT2D eigenvalue weighted by molar-refractivity contribution is -0.121. The van der Waals surface area contributed by atoms with Gasteiger partial charge in [-0.15, -0.1) is 11.3 Å². The van der Waals surface area contributed by atoms with E-state index in [1.807, 2.05) is 73.0 Å². The van der Waals surface area contributed by atoms with Crippen LogP contribution in [0.5, 0.6) is 0 Å². The van der Waals surface area contributed by atoms with Gasteiger partial charge in [0, 0.05) is 12.1 Å². The maximum absolute atomic E-state index is 12.1. The van der Waals surface area contributed by atoms with Crippen LogP contribution in [-0.2, 0) is 11.2 Å². The van der Waals surface area contributed by atoms with Gasteiger partial charge in [0.25, 0.3) is 5.91 Å². The highest BCUT2D eigenvalue weighted by atomic mass is 32.1. The van der Waals surface area contributed by atoms with Crippen molar-refractivity contribution in [3.05, 3.63) is 88.1 Å². The summed E-state index contributed by atoms with van der Waals surface area (Å²) in [5, 5.41) is 8.89. The third kappa shape index (κ3) is 5.62. The van der Waals surface area contributed by atoms with Gasteiger partial charge in [-0.05, 0) is 48.1 Å². The quantitative estimate of drug-likeness (QED) is 0.461. The molecule has 6 heteroatoms. The van der Waals surface area contributed by atoms with E-state index in [1.165, 1.54) is 11.3 Å². The Kier molecular flexibility index (Phi) is 6.70. The molecule has 3 aromatic rings. The van der Waals surface area contributed by atoms with Gasteiger partial charge in [-0.1, -0.05) is 48.5 Å². The molecule has 1 aromatic heterocycles. The Bertz CT molecular complexity index is 949. The normalized spacial score (nSPS) is 11.1. The Hall–Kier alpha value is -3.25. The number of carbonyl (C=O) groups excluding carboxylic acids is 2. The third-order valence-electron chi connectivity index (χ3n) is 4.14. The summed E-state index contributed by atoms with van der Waals surface area (Å²) in [5.41, 5.74) is 6.00. The summed E-state index contributed by atoms with van der Waals surface area (Å²) >= 11 is 1.40. The van der Waals surface area contributed by atoms with Crippen LogP contribution >= 0.6 is 11.3 Å². The summed E-state index contributed by atoms with van der Waals surface area (Å²) in [7, 11) is 0. The van der Waals surface area contributed by atoms with Crippen LogP contribution in [0.3, 0.4) is 0 Å². The zero-order chi connectivity index (χ0) is 19.8. The van der Waals surface area contributed by atoms with Gasteiger partial charge in [0.15, 0.2) is 0 Å². The predicted octanol–water partition coefficient (Wildman–Crippen LogP) is 4.47. The van der Waals surface area contributed by atoms with Crippen LogP contribution in [0.15, 0.2) is 77.2 Å². The average Bonchev–Trinajstić information content (AvgIpc) is 3.27. The molecule has 0 spiro atoms. The maximum Gasteiger partial charge on any atom is 0.265 e. The molecule has 0 saturated heterocycles. The van der Waals surface area contributed by atoms with E-state index in [2.05, 4.69) is 15.8 Å². The van der Waals surface area contributed by atoms with Crippen LogP contribution in [0.2, 0.25) is 0 Å². The van der Waals surface area contributed by atoms with E-state index in [1.54, 1.807) is 6.07 Å². The molecular weight excluding hydrogens is 370 g/mol. The van der Waals surface area contributed by atoms with E-state index in [0.29, 0.717) is 29.1 Å². The molecule has 0 unspecified atom stereocenters. The van der Waals surface area contributed by atoms with Gasteiger partial charge in [0.1, 0.15) is 0 Å². The van der Waals surface area contributed by atoms with Crippen molar-refractivity contribution in [2.75, 3.05) is 5.32 Å². The first kappa shape index (κ1) is 19.5. The van der Waals surface area contributed by atoms with E-state index in [4.69, 9.17) is 0 Å². The van der Waals surface area contributed by atoms with Crippen LogP contribution in [0.25, 0.3) is 0 Å². The first-order valence-corrected chi connectivity index (χ1v) is 9.82. The number of benzene rings is 2. The molecule has 0 atom stereocenters. The van der Waals surface area contributed by atoms with Crippen molar-refractivity contribution in [3.8, 4) is 0 Å². The number of carbonyl (C=O) groups is 2. The topological polar surface area (TPSA) is 70.6 Å². The Morgan fingerprint density at radius 2 is 1.71 bits per heavy atom. The average molecular weight is 391 g/mol. The van der Waals surface area contributed by atoms with Gasteiger partial charge in [-0.25, -0.2) is 5.43 Å². The minimum absolute atomic E-state index is 0.122. The molecular formula is C22H21N3O2S. The lowest BCUT2D eigenvalue weighted by atomic mass is 10.1. The number of rotatable bonds is 7. The Balaban J connectivity index is 1.51. The number of hydrogen-bond acceptors (Lipinski definition) is 4. The summed E-state index contributed by atoms with van der Waals surface area (Å²) in [6, 6.07) is 20.9. The molecule has 5 nitrogen and oxygen atoms in total. The molecule has 2 amide bonds. The summed E-state index contributed by atoms with van der Waals surface area (Å²) in [6.45, 7) is 1.83. The predicted molar refractivity (Wildman–Crippen MR) is 114 cm³/mol. The maximum atomic E-state index is 12.1. The summed E-state index contributed by atoms with van der Waals surface area (Å²) in [6.07, 6.45) is 1.06.